The summed E-state index contributed by atoms with van der Waals surface area (Å²) in [5.41, 5.74) is -0.222. The molecule has 0 aromatic carbocycles. The predicted molar refractivity (Wildman–Crippen MR) is 96.8 cm³/mol. The molecular formula is C15H19Cl2N5O5. The van der Waals surface area contributed by atoms with Crippen molar-refractivity contribution >= 4 is 46.3 Å². The number of imidazole rings is 1. The lowest BCUT2D eigenvalue weighted by molar-refractivity contribution is -0.0431. The van der Waals surface area contributed by atoms with Gasteiger partial charge in [-0.1, -0.05) is 0 Å². The number of rotatable bonds is 3. The third-order valence-electron chi connectivity index (χ3n) is 3.76. The van der Waals surface area contributed by atoms with Crippen molar-refractivity contribution < 1.29 is 24.5 Å². The monoisotopic (exact) mass is 419 g/mol. The van der Waals surface area contributed by atoms with Crippen LogP contribution < -0.4 is 5.32 Å². The summed E-state index contributed by atoms with van der Waals surface area (Å²) in [6.07, 6.45) is -2.11. The predicted octanol–water partition coefficient (Wildman–Crippen LogP) is 1.68. The number of hydrogen-bond acceptors (Lipinski definition) is 8. The molecule has 1 aliphatic rings. The van der Waals surface area contributed by atoms with Gasteiger partial charge >= 0.3 is 6.09 Å². The fourth-order valence-electron chi connectivity index (χ4n) is 2.64. The van der Waals surface area contributed by atoms with Gasteiger partial charge in [0.15, 0.2) is 23.2 Å². The highest BCUT2D eigenvalue weighted by atomic mass is 35.5. The van der Waals surface area contributed by atoms with E-state index in [1.54, 1.807) is 20.8 Å². The Bertz CT molecular complexity index is 855. The minimum Gasteiger partial charge on any atom is -0.444 e. The van der Waals surface area contributed by atoms with Gasteiger partial charge in [-0.2, -0.15) is 9.97 Å². The number of hydrogen-bond donors (Lipinski definition) is 3. The molecule has 27 heavy (non-hydrogen) atoms. The number of aromatic nitrogens is 4. The SMILES string of the molecule is CC(C)(C)OC(=O)Nc1nc(Cl)nc2c1ncn2[C@@H]1O[C@H](CO)[C@@H](O)[C@@H]1Cl. The summed E-state index contributed by atoms with van der Waals surface area (Å²) in [5.74, 6) is 0.0568. The van der Waals surface area contributed by atoms with Crippen LogP contribution in [0.15, 0.2) is 6.33 Å². The molecule has 0 unspecified atom stereocenters. The standard InChI is InChI=1S/C15H19Cl2N5O5/c1-15(2,3)27-14(25)20-10-8-11(21-13(17)19-10)22(5-18-8)12-7(16)9(24)6(4-23)26-12/h5-7,9,12,23-24H,4H2,1-3H3,(H,19,20,21,25)/t6-,7+,9-,12-/m1/s1. The number of halogens is 2. The number of amides is 1. The lowest BCUT2D eigenvalue weighted by Gasteiger charge is -2.19. The van der Waals surface area contributed by atoms with E-state index in [0.717, 1.165) is 0 Å². The summed E-state index contributed by atoms with van der Waals surface area (Å²) in [6.45, 7) is 4.79. The second-order valence-corrected chi connectivity index (χ2v) is 7.82. The van der Waals surface area contributed by atoms with Crippen LogP contribution in [0.2, 0.25) is 5.28 Å². The van der Waals surface area contributed by atoms with Gasteiger partial charge in [0, 0.05) is 0 Å². The Labute approximate surface area is 164 Å². The number of alkyl halides is 1. The van der Waals surface area contributed by atoms with Crippen molar-refractivity contribution in [2.45, 2.75) is 50.2 Å². The van der Waals surface area contributed by atoms with E-state index in [2.05, 4.69) is 20.3 Å². The largest absolute Gasteiger partial charge is 0.444 e. The number of carbonyl (C=O) groups is 1. The highest BCUT2D eigenvalue weighted by Gasteiger charge is 2.44. The topological polar surface area (TPSA) is 132 Å². The first-order valence-corrected chi connectivity index (χ1v) is 8.90. The molecule has 3 heterocycles. The van der Waals surface area contributed by atoms with E-state index in [1.165, 1.54) is 10.9 Å². The molecule has 0 saturated carbocycles. The summed E-state index contributed by atoms with van der Waals surface area (Å²) in [6, 6.07) is 0. The Balaban J connectivity index is 1.95. The third-order valence-corrected chi connectivity index (χ3v) is 4.40. The van der Waals surface area contributed by atoms with Crippen LogP contribution in [-0.4, -0.2) is 65.6 Å². The zero-order valence-corrected chi connectivity index (χ0v) is 16.3. The molecule has 0 spiro atoms. The molecule has 2 aromatic heterocycles. The van der Waals surface area contributed by atoms with Crippen molar-refractivity contribution in [3.05, 3.63) is 11.6 Å². The summed E-state index contributed by atoms with van der Waals surface area (Å²) in [4.78, 5) is 24.3. The number of anilines is 1. The van der Waals surface area contributed by atoms with Gasteiger partial charge in [0.1, 0.15) is 23.2 Å². The fourth-order valence-corrected chi connectivity index (χ4v) is 3.15. The van der Waals surface area contributed by atoms with Crippen molar-refractivity contribution in [1.29, 1.82) is 0 Å². The van der Waals surface area contributed by atoms with Crippen LogP contribution in [0.25, 0.3) is 11.2 Å². The second-order valence-electron chi connectivity index (χ2n) is 6.97. The molecule has 10 nitrogen and oxygen atoms in total. The third kappa shape index (κ3) is 4.09. The Morgan fingerprint density at radius 2 is 2.15 bits per heavy atom. The van der Waals surface area contributed by atoms with Crippen LogP contribution in [-0.2, 0) is 9.47 Å². The van der Waals surface area contributed by atoms with Crippen LogP contribution in [0.1, 0.15) is 27.0 Å². The normalized spacial score (nSPS) is 25.7. The lowest BCUT2D eigenvalue weighted by Crippen LogP contribution is -2.29. The second kappa shape index (κ2) is 7.36. The first-order valence-electron chi connectivity index (χ1n) is 8.09. The van der Waals surface area contributed by atoms with Crippen LogP contribution in [0, 0.1) is 0 Å². The number of nitrogens with zero attached hydrogens (tertiary/aromatic N) is 4. The molecule has 1 fully saturated rings. The van der Waals surface area contributed by atoms with E-state index in [0.29, 0.717) is 0 Å². The van der Waals surface area contributed by atoms with E-state index >= 15 is 0 Å². The minimum atomic E-state index is -1.07. The molecule has 2 aromatic rings. The van der Waals surface area contributed by atoms with Gasteiger partial charge < -0.3 is 19.7 Å². The molecular weight excluding hydrogens is 401 g/mol. The molecule has 1 amide bonds. The van der Waals surface area contributed by atoms with Crippen molar-refractivity contribution in [1.82, 2.24) is 19.5 Å². The molecule has 0 radical (unpaired) electrons. The highest BCUT2D eigenvalue weighted by Crippen LogP contribution is 2.35. The zero-order chi connectivity index (χ0) is 19.9. The first-order chi connectivity index (χ1) is 12.6. The number of ether oxygens (including phenoxy) is 2. The molecule has 1 aliphatic heterocycles. The minimum absolute atomic E-state index is 0.0568. The highest BCUT2D eigenvalue weighted by molar-refractivity contribution is 6.28. The summed E-state index contributed by atoms with van der Waals surface area (Å²) in [5, 5.41) is 20.8. The van der Waals surface area contributed by atoms with Crippen molar-refractivity contribution in [2.24, 2.45) is 0 Å². The van der Waals surface area contributed by atoms with Crippen LogP contribution in [0.5, 0.6) is 0 Å². The van der Waals surface area contributed by atoms with E-state index in [-0.39, 0.29) is 22.3 Å². The first kappa shape index (κ1) is 20.0. The quantitative estimate of drug-likeness (QED) is 0.505. The lowest BCUT2D eigenvalue weighted by atomic mass is 10.2. The number of carbonyl (C=O) groups excluding carboxylic acids is 1. The molecule has 3 N–H and O–H groups in total. The number of nitrogens with one attached hydrogen (secondary N) is 1. The maximum atomic E-state index is 12.0. The van der Waals surface area contributed by atoms with Crippen LogP contribution in [0.3, 0.4) is 0 Å². The molecule has 12 heteroatoms. The van der Waals surface area contributed by atoms with Gasteiger partial charge in [-0.3, -0.25) is 9.88 Å². The van der Waals surface area contributed by atoms with Crippen LogP contribution >= 0.6 is 23.2 Å². The maximum Gasteiger partial charge on any atom is 0.413 e. The summed E-state index contributed by atoms with van der Waals surface area (Å²) < 4.78 is 12.2. The number of aliphatic hydroxyl groups is 2. The van der Waals surface area contributed by atoms with Gasteiger partial charge in [0.05, 0.1) is 12.9 Å². The molecule has 0 bridgehead atoms. The van der Waals surface area contributed by atoms with Gasteiger partial charge in [0.25, 0.3) is 0 Å². The van der Waals surface area contributed by atoms with Crippen molar-refractivity contribution in [3.8, 4) is 0 Å². The van der Waals surface area contributed by atoms with Crippen LogP contribution in [0.4, 0.5) is 10.6 Å². The average molecular weight is 420 g/mol. The Morgan fingerprint density at radius 1 is 1.44 bits per heavy atom. The van der Waals surface area contributed by atoms with Crippen molar-refractivity contribution in [2.75, 3.05) is 11.9 Å². The number of aliphatic hydroxyl groups excluding tert-OH is 2. The summed E-state index contributed by atoms with van der Waals surface area (Å²) in [7, 11) is 0. The molecule has 148 valence electrons. The molecule has 3 rings (SSSR count). The Morgan fingerprint density at radius 3 is 2.74 bits per heavy atom. The van der Waals surface area contributed by atoms with E-state index < -0.39 is 42.1 Å². The van der Waals surface area contributed by atoms with Crippen molar-refractivity contribution in [3.63, 3.8) is 0 Å². The molecule has 0 aliphatic carbocycles. The average Bonchev–Trinajstić information content (AvgIpc) is 3.08. The van der Waals surface area contributed by atoms with Gasteiger partial charge in [-0.05, 0) is 32.4 Å². The van der Waals surface area contributed by atoms with Gasteiger partial charge in [-0.15, -0.1) is 11.6 Å². The van der Waals surface area contributed by atoms with E-state index in [1.807, 2.05) is 0 Å². The Hall–Kier alpha value is -1.72. The molecule has 1 saturated heterocycles. The fraction of sp³-hybridized carbons (Fsp3) is 0.600. The zero-order valence-electron chi connectivity index (χ0n) is 14.8. The molecule has 4 atom stereocenters. The smallest absolute Gasteiger partial charge is 0.413 e. The van der Waals surface area contributed by atoms with E-state index in [4.69, 9.17) is 32.7 Å². The number of fused-ring (bicyclic) bond motifs is 1. The summed E-state index contributed by atoms with van der Waals surface area (Å²) >= 11 is 12.2. The Kier molecular flexibility index (Phi) is 5.46. The van der Waals surface area contributed by atoms with E-state index in [9.17, 15) is 15.0 Å². The van der Waals surface area contributed by atoms with Gasteiger partial charge in [0.2, 0.25) is 5.28 Å². The maximum absolute atomic E-state index is 12.0. The van der Waals surface area contributed by atoms with Gasteiger partial charge in [-0.25, -0.2) is 9.78 Å².